The van der Waals surface area contributed by atoms with Crippen molar-refractivity contribution >= 4 is 16.6 Å². The van der Waals surface area contributed by atoms with Crippen LogP contribution in [-0.2, 0) is 0 Å². The Balaban J connectivity index is 1.54. The molecule has 0 saturated carbocycles. The lowest BCUT2D eigenvalue weighted by Crippen LogP contribution is -1.91. The van der Waals surface area contributed by atoms with Gasteiger partial charge in [-0.25, -0.2) is 9.97 Å². The summed E-state index contributed by atoms with van der Waals surface area (Å²) >= 11 is 0. The maximum absolute atomic E-state index is 5.63. The monoisotopic (exact) mass is 380 g/mol. The molecule has 0 saturated heterocycles. The van der Waals surface area contributed by atoms with Gasteiger partial charge in [0, 0.05) is 17.8 Å². The lowest BCUT2D eigenvalue weighted by Gasteiger charge is -2.05. The number of rotatable bonds is 3. The highest BCUT2D eigenvalue weighted by Gasteiger charge is 2.18. The Morgan fingerprint density at radius 2 is 1.93 bits per heavy atom. The molecule has 0 unspecified atom stereocenters. The summed E-state index contributed by atoms with van der Waals surface area (Å²) in [4.78, 5) is 17.7. The minimum Gasteiger partial charge on any atom is -0.463 e. The van der Waals surface area contributed by atoms with Crippen LogP contribution in [0.3, 0.4) is 0 Å². The number of hydrogen-bond acceptors (Lipinski definition) is 7. The Morgan fingerprint density at radius 3 is 2.86 bits per heavy atom. The van der Waals surface area contributed by atoms with Gasteiger partial charge in [-0.1, -0.05) is 23.4 Å². The third-order valence-corrected chi connectivity index (χ3v) is 4.69. The van der Waals surface area contributed by atoms with Gasteiger partial charge in [0.1, 0.15) is 11.4 Å². The molecule has 138 valence electrons. The Labute approximate surface area is 163 Å². The van der Waals surface area contributed by atoms with Crippen molar-refractivity contribution in [2.75, 3.05) is 0 Å². The minimum absolute atomic E-state index is 0.399. The topological polar surface area (TPSA) is 95.1 Å². The van der Waals surface area contributed by atoms with Crippen LogP contribution < -0.4 is 0 Å². The number of para-hydroxylation sites is 1. The van der Waals surface area contributed by atoms with Gasteiger partial charge >= 0.3 is 0 Å². The fourth-order valence-corrected chi connectivity index (χ4v) is 3.35. The summed E-state index contributed by atoms with van der Waals surface area (Å²) in [5, 5.41) is 5.09. The first-order valence-corrected chi connectivity index (χ1v) is 8.92. The number of imidazole rings is 1. The van der Waals surface area contributed by atoms with Crippen LogP contribution in [0, 0.1) is 0 Å². The molecule has 0 atom stereocenters. The van der Waals surface area contributed by atoms with E-state index in [-0.39, 0.29) is 0 Å². The predicted molar refractivity (Wildman–Crippen MR) is 105 cm³/mol. The van der Waals surface area contributed by atoms with Crippen LogP contribution in [0.2, 0.25) is 0 Å². The SMILES string of the molecule is c1coc(-c2cc(-c3nc(-c4cnc5cnccn45)no3)c3ccccc3n2)c1. The molecule has 1 aromatic carbocycles. The molecular formula is C21H12N6O2. The number of aromatic nitrogens is 6. The molecule has 5 heterocycles. The summed E-state index contributed by atoms with van der Waals surface area (Å²) in [6, 6.07) is 13.4. The molecule has 0 amide bonds. The molecule has 0 aliphatic heterocycles. The van der Waals surface area contributed by atoms with Crippen LogP contribution in [0.15, 0.2) is 82.5 Å². The van der Waals surface area contributed by atoms with Crippen LogP contribution in [0.5, 0.6) is 0 Å². The number of hydrogen-bond donors (Lipinski definition) is 0. The smallest absolute Gasteiger partial charge is 0.259 e. The number of furan rings is 1. The summed E-state index contributed by atoms with van der Waals surface area (Å²) in [6.45, 7) is 0. The minimum atomic E-state index is 0.399. The third-order valence-electron chi connectivity index (χ3n) is 4.69. The molecular weight excluding hydrogens is 368 g/mol. The second kappa shape index (κ2) is 6.10. The van der Waals surface area contributed by atoms with Crippen molar-refractivity contribution in [3.63, 3.8) is 0 Å². The van der Waals surface area contributed by atoms with E-state index in [1.54, 1.807) is 24.9 Å². The molecule has 0 radical (unpaired) electrons. The van der Waals surface area contributed by atoms with Crippen LogP contribution in [-0.4, -0.2) is 29.5 Å². The van der Waals surface area contributed by atoms with Crippen molar-refractivity contribution < 1.29 is 8.94 Å². The van der Waals surface area contributed by atoms with E-state index in [0.29, 0.717) is 28.8 Å². The second-order valence-corrected chi connectivity index (χ2v) is 6.42. The van der Waals surface area contributed by atoms with E-state index in [2.05, 4.69) is 20.1 Å². The van der Waals surface area contributed by atoms with Crippen molar-refractivity contribution in [3.05, 3.63) is 73.5 Å². The molecule has 0 aliphatic rings. The summed E-state index contributed by atoms with van der Waals surface area (Å²) in [7, 11) is 0. The van der Waals surface area contributed by atoms with E-state index < -0.39 is 0 Å². The Bertz CT molecular complexity index is 1470. The van der Waals surface area contributed by atoms with E-state index in [9.17, 15) is 0 Å². The standard InChI is InChI=1S/C21H12N6O2/c1-2-5-15-13(4-1)14(10-16(24-15)18-6-3-9-28-18)21-25-20(26-29-21)17-11-23-19-12-22-7-8-27(17)19/h1-12H. The zero-order valence-corrected chi connectivity index (χ0v) is 14.9. The van der Waals surface area contributed by atoms with Gasteiger partial charge in [-0.2, -0.15) is 4.98 Å². The first-order chi connectivity index (χ1) is 14.4. The molecule has 6 aromatic rings. The highest BCUT2D eigenvalue weighted by atomic mass is 16.5. The van der Waals surface area contributed by atoms with Gasteiger partial charge in [-0.05, 0) is 24.3 Å². The summed E-state index contributed by atoms with van der Waals surface area (Å²) in [5.74, 6) is 1.51. The molecule has 0 bridgehead atoms. The Kier molecular flexibility index (Phi) is 3.30. The highest BCUT2D eigenvalue weighted by Crippen LogP contribution is 2.32. The first kappa shape index (κ1) is 15.7. The molecule has 0 spiro atoms. The normalized spacial score (nSPS) is 11.4. The number of pyridine rings is 1. The summed E-state index contributed by atoms with van der Waals surface area (Å²) in [6.07, 6.45) is 8.49. The van der Waals surface area contributed by atoms with Crippen molar-refractivity contribution in [3.8, 4) is 34.4 Å². The fraction of sp³-hybridized carbons (Fsp3) is 0. The average molecular weight is 380 g/mol. The number of benzene rings is 1. The van der Waals surface area contributed by atoms with Gasteiger partial charge in [-0.3, -0.25) is 9.38 Å². The van der Waals surface area contributed by atoms with E-state index >= 15 is 0 Å². The second-order valence-electron chi connectivity index (χ2n) is 6.42. The maximum atomic E-state index is 5.63. The van der Waals surface area contributed by atoms with Crippen LogP contribution in [0.4, 0.5) is 0 Å². The van der Waals surface area contributed by atoms with E-state index in [1.807, 2.05) is 53.1 Å². The van der Waals surface area contributed by atoms with Gasteiger partial charge in [0.2, 0.25) is 5.82 Å². The van der Waals surface area contributed by atoms with Crippen LogP contribution >= 0.6 is 0 Å². The van der Waals surface area contributed by atoms with Crippen molar-refractivity contribution in [2.24, 2.45) is 0 Å². The van der Waals surface area contributed by atoms with Gasteiger partial charge in [-0.15, -0.1) is 0 Å². The average Bonchev–Trinajstić information content (AvgIpc) is 3.53. The molecule has 5 aromatic heterocycles. The Hall–Kier alpha value is -4.33. The largest absolute Gasteiger partial charge is 0.463 e. The van der Waals surface area contributed by atoms with Crippen molar-refractivity contribution in [1.82, 2.24) is 29.5 Å². The molecule has 0 fully saturated rings. The highest BCUT2D eigenvalue weighted by molar-refractivity contribution is 5.94. The van der Waals surface area contributed by atoms with E-state index in [1.165, 1.54) is 0 Å². The number of fused-ring (bicyclic) bond motifs is 2. The molecule has 0 N–H and O–H groups in total. The first-order valence-electron chi connectivity index (χ1n) is 8.92. The van der Waals surface area contributed by atoms with Gasteiger partial charge in [0.25, 0.3) is 5.89 Å². The Morgan fingerprint density at radius 1 is 0.966 bits per heavy atom. The predicted octanol–water partition coefficient (Wildman–Crippen LogP) is 4.25. The summed E-state index contributed by atoms with van der Waals surface area (Å²) < 4.78 is 13.0. The van der Waals surface area contributed by atoms with E-state index in [4.69, 9.17) is 13.9 Å². The lowest BCUT2D eigenvalue weighted by molar-refractivity contribution is 0.432. The van der Waals surface area contributed by atoms with Crippen molar-refractivity contribution in [2.45, 2.75) is 0 Å². The van der Waals surface area contributed by atoms with E-state index in [0.717, 1.165) is 22.2 Å². The van der Waals surface area contributed by atoms with Gasteiger partial charge < -0.3 is 8.94 Å². The van der Waals surface area contributed by atoms with Gasteiger partial charge in [0.05, 0.1) is 29.7 Å². The van der Waals surface area contributed by atoms with Gasteiger partial charge in [0.15, 0.2) is 11.4 Å². The molecule has 29 heavy (non-hydrogen) atoms. The quantitative estimate of drug-likeness (QED) is 0.453. The van der Waals surface area contributed by atoms with Crippen LogP contribution in [0.25, 0.3) is 51.0 Å². The zero-order valence-electron chi connectivity index (χ0n) is 14.9. The molecule has 0 aliphatic carbocycles. The fourth-order valence-electron chi connectivity index (χ4n) is 3.35. The van der Waals surface area contributed by atoms with Crippen LogP contribution in [0.1, 0.15) is 0 Å². The van der Waals surface area contributed by atoms with Crippen molar-refractivity contribution in [1.29, 1.82) is 0 Å². The lowest BCUT2D eigenvalue weighted by atomic mass is 10.1. The summed E-state index contributed by atoms with van der Waals surface area (Å²) in [5.41, 5.74) is 3.74. The molecule has 6 rings (SSSR count). The number of nitrogens with zero attached hydrogens (tertiary/aromatic N) is 6. The third kappa shape index (κ3) is 2.50. The zero-order chi connectivity index (χ0) is 19.2. The maximum Gasteiger partial charge on any atom is 0.259 e. The molecule has 8 heteroatoms. The molecule has 8 nitrogen and oxygen atoms in total.